The lowest BCUT2D eigenvalue weighted by molar-refractivity contribution is 0.539. The molecule has 1 spiro atoms. The highest BCUT2D eigenvalue weighted by atomic mass is 32.2. The van der Waals surface area contributed by atoms with Gasteiger partial charge >= 0.3 is 0 Å². The Labute approximate surface area is 285 Å². The second-order valence-electron chi connectivity index (χ2n) is 13.1. The topological polar surface area (TPSA) is 16.1 Å². The number of fused-ring (bicyclic) bond motifs is 11. The summed E-state index contributed by atoms with van der Waals surface area (Å²) in [6, 6.07) is 58.8. The van der Waals surface area contributed by atoms with Gasteiger partial charge in [0.15, 0.2) is 0 Å². The van der Waals surface area contributed by atoms with E-state index in [4.69, 9.17) is 4.98 Å². The zero-order valence-corrected chi connectivity index (χ0v) is 27.6. The molecule has 0 fully saturated rings. The summed E-state index contributed by atoms with van der Waals surface area (Å²) in [5, 5.41) is 0. The van der Waals surface area contributed by atoms with Gasteiger partial charge in [-0.15, -0.1) is 0 Å². The van der Waals surface area contributed by atoms with E-state index in [2.05, 4.69) is 176 Å². The smallest absolute Gasteiger partial charge is 0.138 e. The van der Waals surface area contributed by atoms with E-state index in [1.165, 1.54) is 71.2 Å². The molecule has 0 N–H and O–H groups in total. The number of para-hydroxylation sites is 2. The summed E-state index contributed by atoms with van der Waals surface area (Å²) in [7, 11) is 0. The summed E-state index contributed by atoms with van der Waals surface area (Å²) in [4.78, 5) is 10.6. The molecule has 48 heavy (non-hydrogen) atoms. The molecule has 1 aliphatic heterocycles. The van der Waals surface area contributed by atoms with Crippen molar-refractivity contribution < 1.29 is 0 Å². The van der Waals surface area contributed by atoms with Crippen LogP contribution in [-0.4, -0.2) is 4.98 Å². The van der Waals surface area contributed by atoms with E-state index in [0.717, 1.165) is 11.4 Å². The van der Waals surface area contributed by atoms with Crippen molar-refractivity contribution in [2.24, 2.45) is 0 Å². The lowest BCUT2D eigenvalue weighted by atomic mass is 9.56. The maximum atomic E-state index is 5.54. The van der Waals surface area contributed by atoms with Crippen LogP contribution >= 0.6 is 11.8 Å². The molecule has 0 unspecified atom stereocenters. The summed E-state index contributed by atoms with van der Waals surface area (Å²) in [5.41, 5.74) is 14.8. The summed E-state index contributed by atoms with van der Waals surface area (Å²) in [6.07, 6.45) is 0. The van der Waals surface area contributed by atoms with E-state index in [0.29, 0.717) is 0 Å². The van der Waals surface area contributed by atoms with Crippen molar-refractivity contribution in [2.45, 2.75) is 34.6 Å². The zero-order chi connectivity index (χ0) is 32.0. The highest BCUT2D eigenvalue weighted by Crippen LogP contribution is 2.66. The van der Waals surface area contributed by atoms with E-state index in [1.54, 1.807) is 0 Å². The molecule has 228 valence electrons. The molecule has 1 aromatic heterocycles. The Morgan fingerprint density at radius 3 is 1.42 bits per heavy atom. The van der Waals surface area contributed by atoms with Crippen LogP contribution < -0.4 is 4.90 Å². The van der Waals surface area contributed by atoms with Gasteiger partial charge in [-0.25, -0.2) is 0 Å². The Kier molecular flexibility index (Phi) is 5.81. The number of aryl methyl sites for hydroxylation is 2. The Bertz CT molecular complexity index is 2300. The number of benzene rings is 6. The molecule has 0 saturated carbocycles. The number of hydrogen-bond acceptors (Lipinski definition) is 3. The van der Waals surface area contributed by atoms with Gasteiger partial charge in [-0.2, -0.15) is 0 Å². The van der Waals surface area contributed by atoms with Crippen LogP contribution in [-0.2, 0) is 11.0 Å². The summed E-state index contributed by atoms with van der Waals surface area (Å²) in [5.74, 6) is 0. The first-order valence-corrected chi connectivity index (χ1v) is 17.5. The Hall–Kier alpha value is -5.38. The van der Waals surface area contributed by atoms with Crippen LogP contribution in [0.3, 0.4) is 0 Å². The van der Waals surface area contributed by atoms with Gasteiger partial charge in [0.25, 0.3) is 0 Å². The highest BCUT2D eigenvalue weighted by molar-refractivity contribution is 7.99. The molecule has 0 amide bonds. The van der Waals surface area contributed by atoms with Gasteiger partial charge in [-0.3, -0.25) is 4.98 Å². The van der Waals surface area contributed by atoms with Crippen molar-refractivity contribution in [3.63, 3.8) is 0 Å². The van der Waals surface area contributed by atoms with Gasteiger partial charge in [0.05, 0.1) is 22.5 Å². The molecule has 2 heterocycles. The second kappa shape index (κ2) is 10.1. The van der Waals surface area contributed by atoms with E-state index in [1.807, 2.05) is 11.8 Å². The number of pyridine rings is 1. The van der Waals surface area contributed by atoms with Crippen LogP contribution in [0.4, 0.5) is 11.4 Å². The predicted octanol–water partition coefficient (Wildman–Crippen LogP) is 11.0. The Morgan fingerprint density at radius 2 is 0.896 bits per heavy atom. The van der Waals surface area contributed by atoms with Crippen molar-refractivity contribution in [3.05, 3.63) is 208 Å². The SMILES string of the molecule is Cc1ccc(C2(N3c4ccccc4Sc4ccccc43)c3ccccc3C3(c4ccccc4-c4ccccc43)c3ccccc32)nc1C. The van der Waals surface area contributed by atoms with E-state index >= 15 is 0 Å². The molecule has 0 saturated heterocycles. The second-order valence-corrected chi connectivity index (χ2v) is 14.2. The molecule has 0 atom stereocenters. The largest absolute Gasteiger partial charge is 0.319 e. The number of hydrogen-bond donors (Lipinski definition) is 0. The van der Waals surface area contributed by atoms with Gasteiger partial charge < -0.3 is 4.90 Å². The fourth-order valence-electron chi connectivity index (χ4n) is 8.89. The summed E-state index contributed by atoms with van der Waals surface area (Å²) < 4.78 is 0. The summed E-state index contributed by atoms with van der Waals surface area (Å²) >= 11 is 1.85. The molecule has 0 bridgehead atoms. The van der Waals surface area contributed by atoms with Gasteiger partial charge in [0, 0.05) is 15.5 Å². The number of aromatic nitrogens is 1. The lowest BCUT2D eigenvalue weighted by Crippen LogP contribution is -2.53. The van der Waals surface area contributed by atoms with Crippen molar-refractivity contribution in [1.82, 2.24) is 4.98 Å². The van der Waals surface area contributed by atoms with Crippen LogP contribution in [0.2, 0.25) is 0 Å². The monoisotopic (exact) mass is 632 g/mol. The van der Waals surface area contributed by atoms with Crippen LogP contribution in [0.25, 0.3) is 11.1 Å². The highest BCUT2D eigenvalue weighted by Gasteiger charge is 2.59. The fourth-order valence-corrected chi connectivity index (χ4v) is 9.94. The van der Waals surface area contributed by atoms with Gasteiger partial charge in [-0.1, -0.05) is 139 Å². The first-order valence-electron chi connectivity index (χ1n) is 16.7. The third kappa shape index (κ3) is 3.37. The molecular weight excluding hydrogens is 601 g/mol. The van der Waals surface area contributed by atoms with Gasteiger partial charge in [-0.05, 0) is 94.3 Å². The standard InChI is InChI=1S/C45H32N2S/c1-29-27-28-43(46-30(29)2)45(47-39-23-11-13-25-41(39)48-42-26-14-12-24-40(42)47)37-21-9-7-19-35(37)44(36-20-8-10-22-38(36)45)33-17-5-3-15-31(33)32-16-4-6-18-34(32)44/h3-28H,1-2H3. The Morgan fingerprint density at radius 1 is 0.458 bits per heavy atom. The minimum Gasteiger partial charge on any atom is -0.319 e. The first-order chi connectivity index (χ1) is 23.6. The summed E-state index contributed by atoms with van der Waals surface area (Å²) in [6.45, 7) is 4.30. The zero-order valence-electron chi connectivity index (χ0n) is 26.8. The molecule has 6 aromatic carbocycles. The van der Waals surface area contributed by atoms with Crippen LogP contribution in [0, 0.1) is 13.8 Å². The minimum absolute atomic E-state index is 0.493. The molecule has 2 aliphatic carbocycles. The quantitative estimate of drug-likeness (QED) is 0.189. The Balaban J connectivity index is 1.44. The minimum atomic E-state index is -0.781. The van der Waals surface area contributed by atoms with Crippen LogP contribution in [0.5, 0.6) is 0 Å². The predicted molar refractivity (Wildman–Crippen MR) is 196 cm³/mol. The van der Waals surface area contributed by atoms with Crippen LogP contribution in [0.1, 0.15) is 50.3 Å². The third-order valence-electron chi connectivity index (χ3n) is 10.9. The van der Waals surface area contributed by atoms with Crippen molar-refractivity contribution in [3.8, 4) is 11.1 Å². The van der Waals surface area contributed by atoms with E-state index in [9.17, 15) is 0 Å². The maximum absolute atomic E-state index is 5.54. The maximum Gasteiger partial charge on any atom is 0.138 e. The molecular formula is C45H32N2S. The number of rotatable bonds is 2. The number of anilines is 2. The molecule has 7 aromatic rings. The van der Waals surface area contributed by atoms with Crippen molar-refractivity contribution in [2.75, 3.05) is 4.90 Å². The average Bonchev–Trinajstić information content (AvgIpc) is 3.44. The number of nitrogens with zero attached hydrogens (tertiary/aromatic N) is 2. The average molecular weight is 633 g/mol. The van der Waals surface area contributed by atoms with E-state index in [-0.39, 0.29) is 0 Å². The normalized spacial score (nSPS) is 15.5. The third-order valence-corrected chi connectivity index (χ3v) is 12.0. The van der Waals surface area contributed by atoms with Gasteiger partial charge in [0.2, 0.25) is 0 Å². The lowest BCUT2D eigenvalue weighted by Gasteiger charge is -2.55. The van der Waals surface area contributed by atoms with Crippen LogP contribution in [0.15, 0.2) is 168 Å². The molecule has 3 aliphatic rings. The van der Waals surface area contributed by atoms with Crippen molar-refractivity contribution in [1.29, 1.82) is 0 Å². The van der Waals surface area contributed by atoms with E-state index < -0.39 is 11.0 Å². The van der Waals surface area contributed by atoms with Crippen molar-refractivity contribution >= 4 is 23.1 Å². The molecule has 0 radical (unpaired) electrons. The molecule has 3 heteroatoms. The fraction of sp³-hybridized carbons (Fsp3) is 0.0889. The first kappa shape index (κ1) is 27.7. The molecule has 10 rings (SSSR count). The van der Waals surface area contributed by atoms with Gasteiger partial charge in [0.1, 0.15) is 5.54 Å². The molecule has 2 nitrogen and oxygen atoms in total.